The maximum absolute atomic E-state index is 4.59. The van der Waals surface area contributed by atoms with Gasteiger partial charge in [-0.25, -0.2) is 0 Å². The Balaban J connectivity index is 2.43. The second kappa shape index (κ2) is 4.96. The Bertz CT molecular complexity index is 269. The molecule has 1 aliphatic heterocycles. The van der Waals surface area contributed by atoms with Gasteiger partial charge in [-0.2, -0.15) is 0 Å². The van der Waals surface area contributed by atoms with E-state index in [9.17, 15) is 0 Å². The Morgan fingerprint density at radius 2 is 2.06 bits per heavy atom. The molecule has 1 N–H and O–H groups in total. The van der Waals surface area contributed by atoms with E-state index >= 15 is 0 Å². The summed E-state index contributed by atoms with van der Waals surface area (Å²) < 4.78 is 0. The van der Waals surface area contributed by atoms with Crippen LogP contribution in [-0.4, -0.2) is 48.5 Å². The standard InChI is InChI=1S/C12H25N3S/c1-11(2)7-13-10(16-9-11)14-8-12(3,4)15(5)6/h7-9H2,1-6H3,(H,13,14). The number of hydrogen-bond donors (Lipinski definition) is 1. The first kappa shape index (κ1) is 13.8. The van der Waals surface area contributed by atoms with Crippen LogP contribution >= 0.6 is 11.8 Å². The molecule has 0 unspecified atom stereocenters. The fourth-order valence-electron chi connectivity index (χ4n) is 1.20. The lowest BCUT2D eigenvalue weighted by atomic mass is 9.97. The zero-order chi connectivity index (χ0) is 12.4. The minimum Gasteiger partial charge on any atom is -0.363 e. The van der Waals surface area contributed by atoms with Gasteiger partial charge in [0.05, 0.1) is 0 Å². The van der Waals surface area contributed by atoms with E-state index in [0.29, 0.717) is 5.41 Å². The van der Waals surface area contributed by atoms with Crippen molar-refractivity contribution < 1.29 is 0 Å². The molecule has 0 saturated carbocycles. The van der Waals surface area contributed by atoms with E-state index in [2.05, 4.69) is 57.0 Å². The molecule has 16 heavy (non-hydrogen) atoms. The highest BCUT2D eigenvalue weighted by molar-refractivity contribution is 8.13. The van der Waals surface area contributed by atoms with E-state index in [1.807, 2.05) is 11.8 Å². The molecule has 0 atom stereocenters. The summed E-state index contributed by atoms with van der Waals surface area (Å²) in [5.74, 6) is 1.15. The van der Waals surface area contributed by atoms with Crippen molar-refractivity contribution in [1.29, 1.82) is 0 Å². The Morgan fingerprint density at radius 3 is 2.50 bits per heavy atom. The van der Waals surface area contributed by atoms with Crippen molar-refractivity contribution in [2.75, 3.05) is 32.9 Å². The van der Waals surface area contributed by atoms with Crippen molar-refractivity contribution in [3.63, 3.8) is 0 Å². The molecular weight excluding hydrogens is 218 g/mol. The van der Waals surface area contributed by atoms with Gasteiger partial charge in [-0.15, -0.1) is 0 Å². The van der Waals surface area contributed by atoms with Crippen LogP contribution in [0.3, 0.4) is 0 Å². The Labute approximate surface area is 104 Å². The largest absolute Gasteiger partial charge is 0.363 e. The molecule has 94 valence electrons. The summed E-state index contributed by atoms with van der Waals surface area (Å²) in [5.41, 5.74) is 0.517. The van der Waals surface area contributed by atoms with Gasteiger partial charge in [0, 0.05) is 24.4 Å². The van der Waals surface area contributed by atoms with Crippen molar-refractivity contribution in [2.24, 2.45) is 10.4 Å². The first-order valence-corrected chi connectivity index (χ1v) is 6.80. The summed E-state index contributed by atoms with van der Waals surface area (Å²) in [5, 5.41) is 4.56. The average molecular weight is 243 g/mol. The summed E-state index contributed by atoms with van der Waals surface area (Å²) in [6.07, 6.45) is 0. The van der Waals surface area contributed by atoms with E-state index in [1.54, 1.807) is 0 Å². The van der Waals surface area contributed by atoms with Gasteiger partial charge in [0.25, 0.3) is 0 Å². The number of hydrogen-bond acceptors (Lipinski definition) is 4. The SMILES string of the molecule is CN(C)C(C)(C)CNC1=NCC(C)(C)CS1. The highest BCUT2D eigenvalue weighted by atomic mass is 32.2. The van der Waals surface area contributed by atoms with Crippen LogP contribution in [0.4, 0.5) is 0 Å². The molecule has 0 radical (unpaired) electrons. The monoisotopic (exact) mass is 243 g/mol. The zero-order valence-electron chi connectivity index (χ0n) is 11.4. The number of aliphatic imine (C=N–C) groups is 1. The lowest BCUT2D eigenvalue weighted by molar-refractivity contribution is 0.198. The number of amidine groups is 1. The molecule has 0 aromatic rings. The van der Waals surface area contributed by atoms with Crippen molar-refractivity contribution in [3.05, 3.63) is 0 Å². The Morgan fingerprint density at radius 1 is 1.44 bits per heavy atom. The van der Waals surface area contributed by atoms with Crippen LogP contribution in [0.15, 0.2) is 4.99 Å². The first-order chi connectivity index (χ1) is 7.23. The predicted molar refractivity (Wildman–Crippen MR) is 74.3 cm³/mol. The third-order valence-corrected chi connectivity index (χ3v) is 4.61. The topological polar surface area (TPSA) is 27.6 Å². The average Bonchev–Trinajstić information content (AvgIpc) is 2.16. The van der Waals surface area contributed by atoms with Gasteiger partial charge in [0.1, 0.15) is 0 Å². The van der Waals surface area contributed by atoms with Crippen LogP contribution in [-0.2, 0) is 0 Å². The van der Waals surface area contributed by atoms with Gasteiger partial charge < -0.3 is 10.2 Å². The van der Waals surface area contributed by atoms with Gasteiger partial charge in [0.15, 0.2) is 5.17 Å². The summed E-state index contributed by atoms with van der Waals surface area (Å²) in [6, 6.07) is 0. The number of nitrogens with one attached hydrogen (secondary N) is 1. The molecule has 0 spiro atoms. The summed E-state index contributed by atoms with van der Waals surface area (Å²) in [7, 11) is 4.22. The Hall–Kier alpha value is -0.220. The van der Waals surface area contributed by atoms with Crippen molar-refractivity contribution in [1.82, 2.24) is 10.2 Å². The second-order valence-corrected chi connectivity index (χ2v) is 7.10. The molecule has 3 nitrogen and oxygen atoms in total. The van der Waals surface area contributed by atoms with Crippen molar-refractivity contribution in [3.8, 4) is 0 Å². The molecule has 0 amide bonds. The molecule has 0 saturated heterocycles. The predicted octanol–water partition coefficient (Wildman–Crippen LogP) is 2.05. The summed E-state index contributed by atoms with van der Waals surface area (Å²) >= 11 is 1.84. The molecule has 0 aliphatic carbocycles. The van der Waals surface area contributed by atoms with Gasteiger partial charge in [-0.05, 0) is 33.4 Å². The van der Waals surface area contributed by atoms with E-state index < -0.39 is 0 Å². The lowest BCUT2D eigenvalue weighted by Crippen LogP contribution is -2.48. The highest BCUT2D eigenvalue weighted by Gasteiger charge is 2.25. The number of likely N-dealkylation sites (N-methyl/N-ethyl adjacent to an activating group) is 1. The van der Waals surface area contributed by atoms with Gasteiger partial charge in [-0.1, -0.05) is 25.6 Å². The van der Waals surface area contributed by atoms with Crippen LogP contribution in [0.2, 0.25) is 0 Å². The third-order valence-electron chi connectivity index (χ3n) is 3.13. The smallest absolute Gasteiger partial charge is 0.156 e. The van der Waals surface area contributed by atoms with Crippen LogP contribution in [0.1, 0.15) is 27.7 Å². The minimum atomic E-state index is 0.163. The lowest BCUT2D eigenvalue weighted by Gasteiger charge is -2.34. The van der Waals surface area contributed by atoms with E-state index in [4.69, 9.17) is 0 Å². The quantitative estimate of drug-likeness (QED) is 0.822. The highest BCUT2D eigenvalue weighted by Crippen LogP contribution is 2.27. The van der Waals surface area contributed by atoms with E-state index in [0.717, 1.165) is 24.0 Å². The third kappa shape index (κ3) is 3.98. The zero-order valence-corrected chi connectivity index (χ0v) is 12.2. The van der Waals surface area contributed by atoms with E-state index in [-0.39, 0.29) is 5.54 Å². The summed E-state index contributed by atoms with van der Waals surface area (Å²) in [6.45, 7) is 10.9. The van der Waals surface area contributed by atoms with Crippen LogP contribution in [0, 0.1) is 5.41 Å². The number of thioether (sulfide) groups is 1. The fraction of sp³-hybridized carbons (Fsp3) is 0.917. The first-order valence-electron chi connectivity index (χ1n) is 5.81. The minimum absolute atomic E-state index is 0.163. The summed E-state index contributed by atoms with van der Waals surface area (Å²) in [4.78, 5) is 6.83. The fourth-order valence-corrected chi connectivity index (χ4v) is 2.15. The molecule has 0 aromatic heterocycles. The van der Waals surface area contributed by atoms with Crippen LogP contribution in [0.5, 0.6) is 0 Å². The molecule has 0 aromatic carbocycles. The van der Waals surface area contributed by atoms with Gasteiger partial charge in [0.2, 0.25) is 0 Å². The molecule has 4 heteroatoms. The van der Waals surface area contributed by atoms with E-state index in [1.165, 1.54) is 0 Å². The molecule has 0 bridgehead atoms. The van der Waals surface area contributed by atoms with Crippen LogP contribution in [0.25, 0.3) is 0 Å². The second-order valence-electron chi connectivity index (χ2n) is 6.13. The normalized spacial score (nSPS) is 20.8. The Kier molecular flexibility index (Phi) is 4.29. The van der Waals surface area contributed by atoms with Crippen LogP contribution < -0.4 is 5.32 Å². The van der Waals surface area contributed by atoms with Crippen molar-refractivity contribution >= 4 is 16.9 Å². The number of nitrogens with zero attached hydrogens (tertiary/aromatic N) is 2. The van der Waals surface area contributed by atoms with Gasteiger partial charge >= 0.3 is 0 Å². The number of rotatable bonds is 3. The molecular formula is C12H25N3S. The van der Waals surface area contributed by atoms with Gasteiger partial charge in [-0.3, -0.25) is 4.99 Å². The molecule has 1 aliphatic rings. The maximum atomic E-state index is 4.59. The molecule has 1 heterocycles. The van der Waals surface area contributed by atoms with Crippen molar-refractivity contribution in [2.45, 2.75) is 33.2 Å². The molecule has 1 rings (SSSR count). The molecule has 0 fully saturated rings. The maximum Gasteiger partial charge on any atom is 0.156 e.